The van der Waals surface area contributed by atoms with Crippen LogP contribution in [-0.2, 0) is 11.3 Å². The Labute approximate surface area is 128 Å². The summed E-state index contributed by atoms with van der Waals surface area (Å²) in [6.45, 7) is 7.28. The van der Waals surface area contributed by atoms with Crippen LogP contribution in [0.1, 0.15) is 36.0 Å². The molecule has 2 aromatic rings. The van der Waals surface area contributed by atoms with Crippen LogP contribution in [0.15, 0.2) is 18.2 Å². The number of carbonyl (C=O) groups is 1. The highest BCUT2D eigenvalue weighted by Gasteiger charge is 2.21. The first kappa shape index (κ1) is 15.3. The van der Waals surface area contributed by atoms with E-state index < -0.39 is 0 Å². The van der Waals surface area contributed by atoms with Crippen LogP contribution in [0.25, 0.3) is 10.1 Å². The Morgan fingerprint density at radius 2 is 2.00 bits per heavy atom. The molecule has 0 aliphatic rings. The minimum atomic E-state index is -0.373. The Bertz CT molecular complexity index is 620. The lowest BCUT2D eigenvalue weighted by Crippen LogP contribution is -2.26. The van der Waals surface area contributed by atoms with Crippen molar-refractivity contribution in [1.82, 2.24) is 5.06 Å². The van der Waals surface area contributed by atoms with Gasteiger partial charge in [-0.2, -0.15) is 0 Å². The fraction of sp³-hybridized carbons (Fsp3) is 0.400. The van der Waals surface area contributed by atoms with Gasteiger partial charge in [-0.25, -0.2) is 4.79 Å². The van der Waals surface area contributed by atoms with E-state index in [1.54, 1.807) is 5.06 Å². The molecular weight excluding hydrogens is 294 g/mol. The van der Waals surface area contributed by atoms with Crippen molar-refractivity contribution in [3.8, 4) is 0 Å². The zero-order chi connectivity index (χ0) is 14.7. The normalized spacial score (nSPS) is 11.2. The van der Waals surface area contributed by atoms with E-state index >= 15 is 0 Å². The van der Waals surface area contributed by atoms with E-state index in [-0.39, 0.29) is 5.97 Å². The predicted molar refractivity (Wildman–Crippen MR) is 84.5 cm³/mol. The zero-order valence-electron chi connectivity index (χ0n) is 11.9. The number of nitrogens with zero attached hydrogens (tertiary/aromatic N) is 1. The highest BCUT2D eigenvalue weighted by molar-refractivity contribution is 7.21. The largest absolute Gasteiger partial charge is 0.368 e. The Kier molecular flexibility index (Phi) is 5.02. The Morgan fingerprint density at radius 1 is 1.30 bits per heavy atom. The summed E-state index contributed by atoms with van der Waals surface area (Å²) in [7, 11) is 0. The van der Waals surface area contributed by atoms with Gasteiger partial charge in [0.15, 0.2) is 0 Å². The molecule has 3 nitrogen and oxygen atoms in total. The minimum absolute atomic E-state index is 0.373. The standard InChI is InChI=1S/C15H18ClNO2S/c1-4-10-8-7-9-11-12(10)13(16)14(20-11)15(18)19-17(5-2)6-3/h7-9H,4-6H2,1-3H3. The molecule has 20 heavy (non-hydrogen) atoms. The molecule has 1 aromatic heterocycles. The van der Waals surface area contributed by atoms with Gasteiger partial charge in [-0.05, 0) is 31.9 Å². The Hall–Kier alpha value is -1.10. The Morgan fingerprint density at radius 3 is 2.60 bits per heavy atom. The molecule has 0 bridgehead atoms. The zero-order valence-corrected chi connectivity index (χ0v) is 13.5. The van der Waals surface area contributed by atoms with Gasteiger partial charge in [-0.3, -0.25) is 0 Å². The van der Waals surface area contributed by atoms with Gasteiger partial charge in [0.05, 0.1) is 5.02 Å². The number of rotatable bonds is 5. The van der Waals surface area contributed by atoms with Crippen LogP contribution in [0.5, 0.6) is 0 Å². The number of carbonyl (C=O) groups excluding carboxylic acids is 1. The van der Waals surface area contributed by atoms with E-state index in [9.17, 15) is 4.79 Å². The van der Waals surface area contributed by atoms with Crippen LogP contribution in [-0.4, -0.2) is 24.1 Å². The average molecular weight is 312 g/mol. The highest BCUT2D eigenvalue weighted by Crippen LogP contribution is 2.38. The summed E-state index contributed by atoms with van der Waals surface area (Å²) >= 11 is 7.79. The molecule has 0 atom stereocenters. The smallest absolute Gasteiger partial charge is 0.363 e. The molecule has 5 heteroatoms. The van der Waals surface area contributed by atoms with E-state index in [1.165, 1.54) is 11.3 Å². The second-order valence-corrected chi connectivity index (χ2v) is 5.81. The van der Waals surface area contributed by atoms with Crippen molar-refractivity contribution in [3.63, 3.8) is 0 Å². The summed E-state index contributed by atoms with van der Waals surface area (Å²) in [4.78, 5) is 18.0. The quantitative estimate of drug-likeness (QED) is 0.760. The fourth-order valence-electron chi connectivity index (χ4n) is 2.12. The van der Waals surface area contributed by atoms with E-state index in [1.807, 2.05) is 32.0 Å². The van der Waals surface area contributed by atoms with Crippen LogP contribution in [0.4, 0.5) is 0 Å². The number of hydroxylamine groups is 2. The van der Waals surface area contributed by atoms with E-state index in [4.69, 9.17) is 16.4 Å². The van der Waals surface area contributed by atoms with Gasteiger partial charge < -0.3 is 4.84 Å². The van der Waals surface area contributed by atoms with Crippen LogP contribution in [0.2, 0.25) is 5.02 Å². The number of fused-ring (bicyclic) bond motifs is 1. The number of hydrogen-bond acceptors (Lipinski definition) is 4. The second kappa shape index (κ2) is 6.57. The van der Waals surface area contributed by atoms with E-state index in [0.29, 0.717) is 23.0 Å². The molecular formula is C15H18ClNO2S. The number of aryl methyl sites for hydroxylation is 1. The SMILES string of the molecule is CCc1cccc2sc(C(=O)ON(CC)CC)c(Cl)c12. The van der Waals surface area contributed by atoms with Gasteiger partial charge in [0.1, 0.15) is 4.88 Å². The van der Waals surface area contributed by atoms with Crippen molar-refractivity contribution in [2.24, 2.45) is 0 Å². The first-order chi connectivity index (χ1) is 9.62. The molecule has 0 fully saturated rings. The van der Waals surface area contributed by atoms with Gasteiger partial charge in [-0.15, -0.1) is 16.4 Å². The lowest BCUT2D eigenvalue weighted by molar-refractivity contribution is -0.102. The van der Waals surface area contributed by atoms with Crippen molar-refractivity contribution in [1.29, 1.82) is 0 Å². The summed E-state index contributed by atoms with van der Waals surface area (Å²) in [6.07, 6.45) is 0.887. The van der Waals surface area contributed by atoms with Crippen molar-refractivity contribution < 1.29 is 9.63 Å². The molecule has 0 aliphatic carbocycles. The van der Waals surface area contributed by atoms with E-state index in [0.717, 1.165) is 22.1 Å². The van der Waals surface area contributed by atoms with Crippen molar-refractivity contribution >= 4 is 39.0 Å². The number of halogens is 1. The molecule has 0 spiro atoms. The number of hydrogen-bond donors (Lipinski definition) is 0. The van der Waals surface area contributed by atoms with Crippen LogP contribution in [0, 0.1) is 0 Å². The summed E-state index contributed by atoms with van der Waals surface area (Å²) in [5.74, 6) is -0.373. The molecule has 0 aliphatic heterocycles. The van der Waals surface area contributed by atoms with Crippen LogP contribution < -0.4 is 0 Å². The van der Waals surface area contributed by atoms with Crippen molar-refractivity contribution in [3.05, 3.63) is 33.7 Å². The molecule has 0 amide bonds. The van der Waals surface area contributed by atoms with Gasteiger partial charge in [0.25, 0.3) is 0 Å². The first-order valence-electron chi connectivity index (χ1n) is 6.79. The third kappa shape index (κ3) is 2.82. The lowest BCUT2D eigenvalue weighted by atomic mass is 10.1. The highest BCUT2D eigenvalue weighted by atomic mass is 35.5. The summed E-state index contributed by atoms with van der Waals surface area (Å²) < 4.78 is 1.03. The molecule has 1 aromatic carbocycles. The second-order valence-electron chi connectivity index (χ2n) is 4.38. The fourth-order valence-corrected chi connectivity index (χ4v) is 3.60. The van der Waals surface area contributed by atoms with Crippen LogP contribution in [0.3, 0.4) is 0 Å². The lowest BCUT2D eigenvalue weighted by Gasteiger charge is -2.16. The molecule has 0 N–H and O–H groups in total. The Balaban J connectivity index is 2.40. The summed E-state index contributed by atoms with van der Waals surface area (Å²) in [6, 6.07) is 6.02. The number of benzene rings is 1. The maximum absolute atomic E-state index is 12.2. The molecule has 108 valence electrons. The molecule has 0 unspecified atom stereocenters. The van der Waals surface area contributed by atoms with Crippen molar-refractivity contribution in [2.75, 3.05) is 13.1 Å². The van der Waals surface area contributed by atoms with Crippen molar-refractivity contribution in [2.45, 2.75) is 27.2 Å². The average Bonchev–Trinajstić information content (AvgIpc) is 2.82. The topological polar surface area (TPSA) is 29.5 Å². The minimum Gasteiger partial charge on any atom is -0.363 e. The number of thiophene rings is 1. The van der Waals surface area contributed by atoms with Gasteiger partial charge in [0.2, 0.25) is 0 Å². The molecule has 1 heterocycles. The van der Waals surface area contributed by atoms with Crippen LogP contribution >= 0.6 is 22.9 Å². The summed E-state index contributed by atoms with van der Waals surface area (Å²) in [5.41, 5.74) is 1.16. The third-order valence-corrected chi connectivity index (χ3v) is 4.85. The predicted octanol–water partition coefficient (Wildman–Crippen LogP) is 4.53. The van der Waals surface area contributed by atoms with Gasteiger partial charge in [-0.1, -0.05) is 30.7 Å². The first-order valence-corrected chi connectivity index (χ1v) is 7.98. The molecule has 0 saturated heterocycles. The molecule has 0 saturated carbocycles. The molecule has 0 radical (unpaired) electrons. The summed E-state index contributed by atoms with van der Waals surface area (Å²) in [5, 5.41) is 3.11. The monoisotopic (exact) mass is 311 g/mol. The molecule has 2 rings (SSSR count). The van der Waals surface area contributed by atoms with Gasteiger partial charge >= 0.3 is 5.97 Å². The van der Waals surface area contributed by atoms with E-state index in [2.05, 4.69) is 6.92 Å². The van der Waals surface area contributed by atoms with Gasteiger partial charge in [0, 0.05) is 23.2 Å². The third-order valence-electron chi connectivity index (χ3n) is 3.23. The maximum Gasteiger partial charge on any atom is 0.368 e. The maximum atomic E-state index is 12.2.